The zero-order chi connectivity index (χ0) is 15.3. The fraction of sp³-hybridized carbons (Fsp3) is 0.462. The van der Waals surface area contributed by atoms with Gasteiger partial charge in [0.15, 0.2) is 11.5 Å². The van der Waals surface area contributed by atoms with Gasteiger partial charge in [-0.15, -0.1) is 0 Å². The van der Waals surface area contributed by atoms with E-state index >= 15 is 0 Å². The molecule has 1 aromatic carbocycles. The Morgan fingerprint density at radius 1 is 1.35 bits per heavy atom. The smallest absolute Gasteiger partial charge is 0.216 e. The van der Waals surface area contributed by atoms with Crippen LogP contribution in [0.4, 0.5) is 0 Å². The number of carbonyl (C=O) groups is 1. The molecule has 2 atom stereocenters. The molecule has 0 fully saturated rings. The molecule has 0 radical (unpaired) electrons. The van der Waals surface area contributed by atoms with Gasteiger partial charge in [0, 0.05) is 19.0 Å². The molecular weight excluding hydrogens is 286 g/mol. The lowest BCUT2D eigenvalue weighted by Gasteiger charge is -2.21. The molecule has 1 amide bonds. The van der Waals surface area contributed by atoms with E-state index < -0.39 is 12.2 Å². The van der Waals surface area contributed by atoms with Gasteiger partial charge < -0.3 is 25.0 Å². The Kier molecular flexibility index (Phi) is 6.06. The monoisotopic (exact) mass is 303 g/mol. The van der Waals surface area contributed by atoms with Crippen LogP contribution in [-0.4, -0.2) is 43.0 Å². The number of methoxy groups -OCH3 is 2. The van der Waals surface area contributed by atoms with E-state index in [1.807, 2.05) is 0 Å². The van der Waals surface area contributed by atoms with E-state index in [9.17, 15) is 15.0 Å². The van der Waals surface area contributed by atoms with Gasteiger partial charge in [-0.1, -0.05) is 17.7 Å². The van der Waals surface area contributed by atoms with Crippen molar-refractivity contribution < 1.29 is 24.5 Å². The number of halogens is 1. The van der Waals surface area contributed by atoms with E-state index in [0.29, 0.717) is 11.3 Å². The molecule has 1 aromatic rings. The van der Waals surface area contributed by atoms with Crippen LogP contribution >= 0.6 is 11.6 Å². The second-order valence-corrected chi connectivity index (χ2v) is 4.53. The van der Waals surface area contributed by atoms with Crippen LogP contribution in [0.3, 0.4) is 0 Å². The minimum absolute atomic E-state index is 0.0822. The summed E-state index contributed by atoms with van der Waals surface area (Å²) in [6.07, 6.45) is -2.44. The van der Waals surface area contributed by atoms with Gasteiger partial charge in [-0.3, -0.25) is 4.79 Å². The van der Waals surface area contributed by atoms with Gasteiger partial charge in [-0.25, -0.2) is 0 Å². The van der Waals surface area contributed by atoms with Crippen LogP contribution in [0.15, 0.2) is 12.1 Å². The number of benzene rings is 1. The molecule has 6 nitrogen and oxygen atoms in total. The number of carbonyl (C=O) groups excluding carboxylic acids is 1. The standard InChI is InChI=1S/C13H18ClNO5/c1-7(16)15-6-9(17)12(18)8-4-5-10(19-2)13(20-3)11(8)14/h4-5,9,12,17-18H,6H2,1-3H3,(H,15,16). The summed E-state index contributed by atoms with van der Waals surface area (Å²) in [6.45, 7) is 1.24. The maximum absolute atomic E-state index is 10.8. The Balaban J connectivity index is 2.98. The average molecular weight is 304 g/mol. The summed E-state index contributed by atoms with van der Waals surface area (Å²) >= 11 is 6.13. The second kappa shape index (κ2) is 7.33. The molecule has 2 unspecified atom stereocenters. The predicted octanol–water partition coefficient (Wildman–Crippen LogP) is 0.888. The molecule has 7 heteroatoms. The van der Waals surface area contributed by atoms with Crippen LogP contribution in [0.5, 0.6) is 11.5 Å². The molecular formula is C13H18ClNO5. The predicted molar refractivity (Wildman–Crippen MR) is 74.2 cm³/mol. The first-order chi connectivity index (χ1) is 9.42. The van der Waals surface area contributed by atoms with E-state index in [-0.39, 0.29) is 23.2 Å². The lowest BCUT2D eigenvalue weighted by atomic mass is 10.0. The minimum atomic E-state index is -1.26. The summed E-state index contributed by atoms with van der Waals surface area (Å²) in [5.74, 6) is 0.400. The highest BCUT2D eigenvalue weighted by atomic mass is 35.5. The summed E-state index contributed by atoms with van der Waals surface area (Å²) in [5.41, 5.74) is 0.294. The van der Waals surface area contributed by atoms with Crippen LogP contribution < -0.4 is 14.8 Å². The van der Waals surface area contributed by atoms with Crippen molar-refractivity contribution in [3.05, 3.63) is 22.7 Å². The Morgan fingerprint density at radius 2 is 2.00 bits per heavy atom. The van der Waals surface area contributed by atoms with E-state index in [2.05, 4.69) is 5.32 Å². The number of amides is 1. The van der Waals surface area contributed by atoms with Gasteiger partial charge in [-0.2, -0.15) is 0 Å². The molecule has 1 rings (SSSR count). The van der Waals surface area contributed by atoms with Crippen molar-refractivity contribution in [2.45, 2.75) is 19.1 Å². The Morgan fingerprint density at radius 3 is 2.50 bits per heavy atom. The van der Waals surface area contributed by atoms with Crippen LogP contribution in [0.2, 0.25) is 5.02 Å². The molecule has 112 valence electrons. The highest BCUT2D eigenvalue weighted by Crippen LogP contribution is 2.40. The SMILES string of the molecule is COc1ccc(C(O)C(O)CNC(C)=O)c(Cl)c1OC. The van der Waals surface area contributed by atoms with Crippen molar-refractivity contribution in [2.24, 2.45) is 0 Å². The van der Waals surface area contributed by atoms with Gasteiger partial charge in [0.2, 0.25) is 5.91 Å². The normalized spacial score (nSPS) is 13.5. The first kappa shape index (κ1) is 16.6. The third-order valence-corrected chi connectivity index (χ3v) is 3.15. The number of nitrogens with one attached hydrogen (secondary N) is 1. The number of aliphatic hydroxyl groups is 2. The first-order valence-corrected chi connectivity index (χ1v) is 6.31. The van der Waals surface area contributed by atoms with Crippen molar-refractivity contribution in [3.8, 4) is 11.5 Å². The molecule has 0 heterocycles. The zero-order valence-corrected chi connectivity index (χ0v) is 12.3. The third kappa shape index (κ3) is 3.75. The Bertz CT molecular complexity index is 480. The van der Waals surface area contributed by atoms with Crippen molar-refractivity contribution in [3.63, 3.8) is 0 Å². The molecule has 0 aromatic heterocycles. The highest BCUT2D eigenvalue weighted by molar-refractivity contribution is 6.33. The molecule has 0 saturated carbocycles. The van der Waals surface area contributed by atoms with Gasteiger partial charge >= 0.3 is 0 Å². The van der Waals surface area contributed by atoms with E-state index in [1.54, 1.807) is 6.07 Å². The van der Waals surface area contributed by atoms with Crippen molar-refractivity contribution >= 4 is 17.5 Å². The Hall–Kier alpha value is -1.50. The number of aliphatic hydroxyl groups excluding tert-OH is 2. The zero-order valence-electron chi connectivity index (χ0n) is 11.5. The molecule has 0 aliphatic heterocycles. The van der Waals surface area contributed by atoms with Crippen LogP contribution in [0, 0.1) is 0 Å². The van der Waals surface area contributed by atoms with Crippen LogP contribution in [0.25, 0.3) is 0 Å². The number of ether oxygens (including phenoxy) is 2. The lowest BCUT2D eigenvalue weighted by Crippen LogP contribution is -2.34. The van der Waals surface area contributed by atoms with Crippen molar-refractivity contribution in [1.82, 2.24) is 5.32 Å². The van der Waals surface area contributed by atoms with Crippen molar-refractivity contribution in [1.29, 1.82) is 0 Å². The van der Waals surface area contributed by atoms with Crippen LogP contribution in [0.1, 0.15) is 18.6 Å². The average Bonchev–Trinajstić information content (AvgIpc) is 2.43. The summed E-state index contributed by atoms with van der Waals surface area (Å²) in [4.78, 5) is 10.8. The van der Waals surface area contributed by atoms with Gasteiger partial charge in [0.1, 0.15) is 12.2 Å². The van der Waals surface area contributed by atoms with Crippen molar-refractivity contribution in [2.75, 3.05) is 20.8 Å². The third-order valence-electron chi connectivity index (χ3n) is 2.76. The number of rotatable bonds is 6. The lowest BCUT2D eigenvalue weighted by molar-refractivity contribution is -0.119. The maximum Gasteiger partial charge on any atom is 0.216 e. The van der Waals surface area contributed by atoms with E-state index in [1.165, 1.54) is 27.2 Å². The molecule has 3 N–H and O–H groups in total. The summed E-state index contributed by atoms with van der Waals surface area (Å²) in [7, 11) is 2.89. The summed E-state index contributed by atoms with van der Waals surface area (Å²) in [6, 6.07) is 3.11. The van der Waals surface area contributed by atoms with Gasteiger partial charge in [0.25, 0.3) is 0 Å². The Labute approximate surface area is 122 Å². The fourth-order valence-corrected chi connectivity index (χ4v) is 2.05. The second-order valence-electron chi connectivity index (χ2n) is 4.15. The highest BCUT2D eigenvalue weighted by Gasteiger charge is 2.24. The summed E-state index contributed by atoms with van der Waals surface area (Å²) in [5, 5.41) is 22.5. The molecule has 0 spiro atoms. The largest absolute Gasteiger partial charge is 0.493 e. The topological polar surface area (TPSA) is 88.0 Å². The molecule has 0 aliphatic carbocycles. The van der Waals surface area contributed by atoms with E-state index in [0.717, 1.165) is 0 Å². The van der Waals surface area contributed by atoms with Crippen LogP contribution in [-0.2, 0) is 4.79 Å². The minimum Gasteiger partial charge on any atom is -0.493 e. The number of hydrogen-bond acceptors (Lipinski definition) is 5. The number of hydrogen-bond donors (Lipinski definition) is 3. The summed E-state index contributed by atoms with van der Waals surface area (Å²) < 4.78 is 10.2. The fourth-order valence-electron chi connectivity index (χ4n) is 1.70. The first-order valence-electron chi connectivity index (χ1n) is 5.93. The molecule has 0 saturated heterocycles. The van der Waals surface area contributed by atoms with Gasteiger partial charge in [0.05, 0.1) is 19.2 Å². The molecule has 0 bridgehead atoms. The van der Waals surface area contributed by atoms with E-state index in [4.69, 9.17) is 21.1 Å². The molecule has 0 aliphatic rings. The van der Waals surface area contributed by atoms with Gasteiger partial charge in [-0.05, 0) is 6.07 Å². The quantitative estimate of drug-likeness (QED) is 0.726. The maximum atomic E-state index is 10.8. The molecule has 20 heavy (non-hydrogen) atoms.